The Bertz CT molecular complexity index is 581. The molecule has 2 aliphatic rings. The number of amides is 1. The molecule has 1 unspecified atom stereocenters. The molecule has 1 aromatic carbocycles. The largest absolute Gasteiger partial charge is 0.494 e. The first-order valence-electron chi connectivity index (χ1n) is 8.95. The Kier molecular flexibility index (Phi) is 5.51. The van der Waals surface area contributed by atoms with Crippen LogP contribution in [-0.4, -0.2) is 48.4 Å². The zero-order chi connectivity index (χ0) is 16.9. The standard InChI is InChI=1S/C19H26N2O3/c1-2-24-17-7-3-14(4-8-17)18(22)9-10-19(23)20-15-11-12-21(13-15)16-5-6-16/h3-4,7-8,15-16H,2,5-6,9-13H2,1H3,(H,20,23). The quantitative estimate of drug-likeness (QED) is 0.744. The normalized spacial score (nSPS) is 20.8. The first-order valence-corrected chi connectivity index (χ1v) is 8.95. The summed E-state index contributed by atoms with van der Waals surface area (Å²) in [7, 11) is 0. The Morgan fingerprint density at radius 3 is 2.58 bits per heavy atom. The number of carbonyl (C=O) groups excluding carboxylic acids is 2. The van der Waals surface area contributed by atoms with Crippen molar-refractivity contribution in [1.82, 2.24) is 10.2 Å². The zero-order valence-corrected chi connectivity index (χ0v) is 14.3. The van der Waals surface area contributed by atoms with Crippen LogP contribution in [0.3, 0.4) is 0 Å². The molecule has 0 radical (unpaired) electrons. The molecule has 2 fully saturated rings. The summed E-state index contributed by atoms with van der Waals surface area (Å²) in [5.74, 6) is 0.740. The fraction of sp³-hybridized carbons (Fsp3) is 0.579. The number of benzene rings is 1. The van der Waals surface area contributed by atoms with Gasteiger partial charge in [-0.3, -0.25) is 14.5 Å². The van der Waals surface area contributed by atoms with Crippen molar-refractivity contribution in [3.63, 3.8) is 0 Å². The molecular formula is C19H26N2O3. The molecule has 1 N–H and O–H groups in total. The van der Waals surface area contributed by atoms with Crippen LogP contribution in [0.25, 0.3) is 0 Å². The van der Waals surface area contributed by atoms with Crippen LogP contribution >= 0.6 is 0 Å². The Labute approximate surface area is 143 Å². The smallest absolute Gasteiger partial charge is 0.220 e. The molecule has 5 heteroatoms. The molecular weight excluding hydrogens is 304 g/mol. The molecule has 1 aromatic rings. The molecule has 1 saturated heterocycles. The molecule has 1 atom stereocenters. The molecule has 24 heavy (non-hydrogen) atoms. The SMILES string of the molecule is CCOc1ccc(C(=O)CCC(=O)NC2CCN(C3CC3)C2)cc1. The van der Waals surface area contributed by atoms with E-state index in [1.54, 1.807) is 24.3 Å². The van der Waals surface area contributed by atoms with E-state index in [0.717, 1.165) is 31.3 Å². The van der Waals surface area contributed by atoms with Crippen molar-refractivity contribution in [3.05, 3.63) is 29.8 Å². The summed E-state index contributed by atoms with van der Waals surface area (Å²) >= 11 is 0. The van der Waals surface area contributed by atoms with Crippen molar-refractivity contribution < 1.29 is 14.3 Å². The number of nitrogens with one attached hydrogen (secondary N) is 1. The lowest BCUT2D eigenvalue weighted by Gasteiger charge is -2.15. The lowest BCUT2D eigenvalue weighted by Crippen LogP contribution is -2.37. The number of carbonyl (C=O) groups is 2. The van der Waals surface area contributed by atoms with Crippen LogP contribution in [0.5, 0.6) is 5.75 Å². The lowest BCUT2D eigenvalue weighted by molar-refractivity contribution is -0.121. The van der Waals surface area contributed by atoms with Gasteiger partial charge in [0.1, 0.15) is 5.75 Å². The summed E-state index contributed by atoms with van der Waals surface area (Å²) in [5, 5.41) is 3.07. The van der Waals surface area contributed by atoms with Gasteiger partial charge < -0.3 is 10.1 Å². The number of likely N-dealkylation sites (tertiary alicyclic amines) is 1. The van der Waals surface area contributed by atoms with E-state index in [9.17, 15) is 9.59 Å². The number of hydrogen-bond donors (Lipinski definition) is 1. The van der Waals surface area contributed by atoms with E-state index in [-0.39, 0.29) is 30.6 Å². The van der Waals surface area contributed by atoms with E-state index in [1.807, 2.05) is 6.92 Å². The van der Waals surface area contributed by atoms with Crippen molar-refractivity contribution >= 4 is 11.7 Å². The van der Waals surface area contributed by atoms with Crippen LogP contribution < -0.4 is 10.1 Å². The summed E-state index contributed by atoms with van der Waals surface area (Å²) in [4.78, 5) is 26.7. The van der Waals surface area contributed by atoms with Crippen LogP contribution in [0.1, 0.15) is 49.4 Å². The predicted octanol–water partition coefficient (Wildman–Crippen LogP) is 2.40. The van der Waals surface area contributed by atoms with Gasteiger partial charge in [0.2, 0.25) is 5.91 Å². The van der Waals surface area contributed by atoms with Gasteiger partial charge in [0.05, 0.1) is 6.61 Å². The van der Waals surface area contributed by atoms with Crippen LogP contribution in [0.2, 0.25) is 0 Å². The maximum atomic E-state index is 12.2. The Morgan fingerprint density at radius 1 is 1.17 bits per heavy atom. The molecule has 3 rings (SSSR count). The molecule has 0 spiro atoms. The van der Waals surface area contributed by atoms with Gasteiger partial charge in [-0.25, -0.2) is 0 Å². The summed E-state index contributed by atoms with van der Waals surface area (Å²) in [6.07, 6.45) is 4.13. The first-order chi connectivity index (χ1) is 11.7. The highest BCUT2D eigenvalue weighted by Crippen LogP contribution is 2.29. The van der Waals surface area contributed by atoms with Crippen molar-refractivity contribution in [2.45, 2.75) is 51.1 Å². The highest BCUT2D eigenvalue weighted by atomic mass is 16.5. The number of ether oxygens (including phenoxy) is 1. The summed E-state index contributed by atoms with van der Waals surface area (Å²) in [6.45, 7) is 4.57. The van der Waals surface area contributed by atoms with E-state index < -0.39 is 0 Å². The number of ketones is 1. The van der Waals surface area contributed by atoms with Crippen molar-refractivity contribution in [3.8, 4) is 5.75 Å². The third-order valence-corrected chi connectivity index (χ3v) is 4.71. The number of nitrogens with zero attached hydrogens (tertiary/aromatic N) is 1. The Morgan fingerprint density at radius 2 is 1.92 bits per heavy atom. The van der Waals surface area contributed by atoms with Gasteiger partial charge in [-0.15, -0.1) is 0 Å². The molecule has 0 aromatic heterocycles. The van der Waals surface area contributed by atoms with Gasteiger partial charge in [0.15, 0.2) is 5.78 Å². The molecule has 130 valence electrons. The van der Waals surface area contributed by atoms with Gasteiger partial charge in [-0.2, -0.15) is 0 Å². The van der Waals surface area contributed by atoms with Gasteiger partial charge in [-0.05, 0) is 50.5 Å². The lowest BCUT2D eigenvalue weighted by atomic mass is 10.1. The molecule has 1 aliphatic heterocycles. The van der Waals surface area contributed by atoms with E-state index in [1.165, 1.54) is 12.8 Å². The highest BCUT2D eigenvalue weighted by Gasteiger charge is 2.34. The maximum absolute atomic E-state index is 12.2. The summed E-state index contributed by atoms with van der Waals surface area (Å²) < 4.78 is 5.36. The second-order valence-electron chi connectivity index (χ2n) is 6.66. The van der Waals surface area contributed by atoms with Gasteiger partial charge in [-0.1, -0.05) is 0 Å². The number of Topliss-reactive ketones (excluding diaryl/α,β-unsaturated/α-hetero) is 1. The third-order valence-electron chi connectivity index (χ3n) is 4.71. The molecule has 1 saturated carbocycles. The van der Waals surface area contributed by atoms with Gasteiger partial charge in [0.25, 0.3) is 0 Å². The van der Waals surface area contributed by atoms with Crippen molar-refractivity contribution in [1.29, 1.82) is 0 Å². The van der Waals surface area contributed by atoms with Crippen LogP contribution in [0, 0.1) is 0 Å². The second kappa shape index (κ2) is 7.79. The van der Waals surface area contributed by atoms with Crippen LogP contribution in [-0.2, 0) is 4.79 Å². The van der Waals surface area contributed by atoms with Crippen LogP contribution in [0.4, 0.5) is 0 Å². The zero-order valence-electron chi connectivity index (χ0n) is 14.3. The predicted molar refractivity (Wildman–Crippen MR) is 92.3 cm³/mol. The minimum absolute atomic E-state index is 0.000715. The minimum atomic E-state index is -0.0167. The Hall–Kier alpha value is -1.88. The average Bonchev–Trinajstić information content (AvgIpc) is 3.34. The van der Waals surface area contributed by atoms with E-state index in [2.05, 4.69) is 10.2 Å². The monoisotopic (exact) mass is 330 g/mol. The molecule has 1 heterocycles. The molecule has 0 bridgehead atoms. The highest BCUT2D eigenvalue weighted by molar-refractivity contribution is 5.98. The molecule has 5 nitrogen and oxygen atoms in total. The van der Waals surface area contributed by atoms with Gasteiger partial charge in [0, 0.05) is 43.6 Å². The van der Waals surface area contributed by atoms with E-state index >= 15 is 0 Å². The fourth-order valence-electron chi connectivity index (χ4n) is 3.25. The average molecular weight is 330 g/mol. The Balaban J connectivity index is 1.39. The molecule has 1 aliphatic carbocycles. The summed E-state index contributed by atoms with van der Waals surface area (Å²) in [6, 6.07) is 8.11. The number of hydrogen-bond acceptors (Lipinski definition) is 4. The van der Waals surface area contributed by atoms with E-state index in [0.29, 0.717) is 12.2 Å². The first kappa shape index (κ1) is 17.0. The maximum Gasteiger partial charge on any atom is 0.220 e. The fourth-order valence-corrected chi connectivity index (χ4v) is 3.25. The van der Waals surface area contributed by atoms with Crippen LogP contribution in [0.15, 0.2) is 24.3 Å². The third kappa shape index (κ3) is 4.57. The summed E-state index contributed by atoms with van der Waals surface area (Å²) in [5.41, 5.74) is 0.632. The topological polar surface area (TPSA) is 58.6 Å². The van der Waals surface area contributed by atoms with E-state index in [4.69, 9.17) is 4.74 Å². The van der Waals surface area contributed by atoms with Crippen molar-refractivity contribution in [2.24, 2.45) is 0 Å². The minimum Gasteiger partial charge on any atom is -0.494 e. The second-order valence-corrected chi connectivity index (χ2v) is 6.66. The van der Waals surface area contributed by atoms with Gasteiger partial charge >= 0.3 is 0 Å². The van der Waals surface area contributed by atoms with Crippen molar-refractivity contribution in [2.75, 3.05) is 19.7 Å². The molecule has 1 amide bonds. The number of rotatable bonds is 8.